The molecule has 2 fully saturated rings. The van der Waals surface area contributed by atoms with Gasteiger partial charge in [-0.05, 0) is 25.5 Å². The van der Waals surface area contributed by atoms with Crippen molar-refractivity contribution in [2.24, 2.45) is 0 Å². The topological polar surface area (TPSA) is 66.4 Å². The summed E-state index contributed by atoms with van der Waals surface area (Å²) in [5.74, 6) is -0.749. The highest BCUT2D eigenvalue weighted by Gasteiger charge is 2.58. The van der Waals surface area contributed by atoms with Gasteiger partial charge in [0.2, 0.25) is 0 Å². The van der Waals surface area contributed by atoms with Crippen molar-refractivity contribution in [3.8, 4) is 0 Å². The van der Waals surface area contributed by atoms with Crippen LogP contribution < -0.4 is 5.19 Å². The predicted molar refractivity (Wildman–Crippen MR) is 129 cm³/mol. The molecule has 2 heterocycles. The lowest BCUT2D eigenvalue weighted by Crippen LogP contribution is -2.52. The molecule has 0 bridgehead atoms. The Kier molecular flexibility index (Phi) is 7.40. The Bertz CT molecular complexity index is 890. The summed E-state index contributed by atoms with van der Waals surface area (Å²) in [6.45, 7) is 8.69. The monoisotopic (exact) mass is 472 g/mol. The zero-order valence-electron chi connectivity index (χ0n) is 20.1. The maximum absolute atomic E-state index is 11.5. The van der Waals surface area contributed by atoms with E-state index in [4.69, 9.17) is 23.7 Å². The Labute approximate surface area is 197 Å². The summed E-state index contributed by atoms with van der Waals surface area (Å²) in [7, 11) is -0.343. The number of fused-ring (bicyclic) bond motifs is 1. The van der Waals surface area contributed by atoms with Crippen molar-refractivity contribution >= 4 is 13.3 Å². The van der Waals surface area contributed by atoms with Crippen LogP contribution in [0, 0.1) is 0 Å². The molecular weight excluding hydrogens is 436 g/mol. The van der Waals surface area contributed by atoms with E-state index in [0.29, 0.717) is 12.7 Å². The minimum Gasteiger partial charge on any atom is -0.391 e. The molecule has 2 saturated heterocycles. The fourth-order valence-electron chi connectivity index (χ4n) is 4.88. The van der Waals surface area contributed by atoms with Crippen LogP contribution in [0.5, 0.6) is 0 Å². The van der Waals surface area contributed by atoms with Crippen molar-refractivity contribution in [1.29, 1.82) is 0 Å². The van der Waals surface area contributed by atoms with E-state index in [9.17, 15) is 5.11 Å². The van der Waals surface area contributed by atoms with Crippen LogP contribution in [0.2, 0.25) is 19.1 Å². The van der Waals surface area contributed by atoms with Gasteiger partial charge >= 0.3 is 0 Å². The number of ether oxygens (including phenoxy) is 5. The number of hydrogen-bond acceptors (Lipinski definition) is 6. The molecule has 0 radical (unpaired) electrons. The summed E-state index contributed by atoms with van der Waals surface area (Å²) in [5.41, 5.74) is 1.04. The molecule has 0 unspecified atom stereocenters. The molecule has 180 valence electrons. The highest BCUT2D eigenvalue weighted by atomic mass is 28.3. The Balaban J connectivity index is 1.57. The standard InChI is InChI=1S/C26H36O6Si/c1-26(2)31-23-22(30-25(28-3)24(23)32-26)21(29-16-18-12-8-6-9-13-18)20(27)17-33(4,5)19-14-10-7-11-15-19/h6-15,20-25,27H,16-17H2,1-5H3/t20-,21+,22+,23-,24-,25-/m0/s1. The van der Waals surface area contributed by atoms with Gasteiger partial charge < -0.3 is 28.8 Å². The van der Waals surface area contributed by atoms with Crippen LogP contribution >= 0.6 is 0 Å². The molecule has 6 atom stereocenters. The first-order chi connectivity index (χ1) is 15.7. The molecule has 0 saturated carbocycles. The first kappa shape index (κ1) is 24.5. The summed E-state index contributed by atoms with van der Waals surface area (Å²) in [5, 5.41) is 12.8. The third-order valence-corrected chi connectivity index (χ3v) is 9.88. The normalized spacial score (nSPS) is 28.4. The fourth-order valence-corrected chi connectivity index (χ4v) is 7.49. The number of aliphatic hydroxyl groups is 1. The van der Waals surface area contributed by atoms with Crippen LogP contribution in [0.4, 0.5) is 0 Å². The minimum atomic E-state index is -1.94. The van der Waals surface area contributed by atoms with Crippen LogP contribution in [-0.4, -0.2) is 62.9 Å². The van der Waals surface area contributed by atoms with Gasteiger partial charge in [-0.25, -0.2) is 0 Å². The summed E-state index contributed by atoms with van der Waals surface area (Å²) in [4.78, 5) is 0. The van der Waals surface area contributed by atoms with Gasteiger partial charge in [0.05, 0.1) is 20.8 Å². The molecule has 0 aromatic heterocycles. The quantitative estimate of drug-likeness (QED) is 0.564. The molecule has 0 amide bonds. The summed E-state index contributed by atoms with van der Waals surface area (Å²) >= 11 is 0. The fraction of sp³-hybridized carbons (Fsp3) is 0.538. The lowest BCUT2D eigenvalue weighted by atomic mass is 10.0. The van der Waals surface area contributed by atoms with Crippen molar-refractivity contribution < 1.29 is 28.8 Å². The van der Waals surface area contributed by atoms with Crippen LogP contribution in [0.15, 0.2) is 60.7 Å². The largest absolute Gasteiger partial charge is 0.391 e. The van der Waals surface area contributed by atoms with E-state index in [2.05, 4.69) is 37.4 Å². The van der Waals surface area contributed by atoms with E-state index in [0.717, 1.165) is 5.56 Å². The lowest BCUT2D eigenvalue weighted by molar-refractivity contribution is -0.246. The molecule has 2 aliphatic rings. The highest BCUT2D eigenvalue weighted by molar-refractivity contribution is 6.89. The molecule has 2 aliphatic heterocycles. The Hall–Kier alpha value is -1.58. The third-order valence-electron chi connectivity index (χ3n) is 6.54. The number of aliphatic hydroxyl groups excluding tert-OH is 1. The molecule has 0 aliphatic carbocycles. The molecule has 4 rings (SSSR count). The zero-order chi connectivity index (χ0) is 23.6. The van der Waals surface area contributed by atoms with E-state index < -0.39 is 38.5 Å². The molecule has 33 heavy (non-hydrogen) atoms. The SMILES string of the molecule is CO[C@H]1O[C@H]([C@H](OCc2ccccc2)[C@@H](O)C[Si](C)(C)c2ccccc2)[C@@H]2OC(C)(C)O[C@H]12. The van der Waals surface area contributed by atoms with Gasteiger partial charge in [0.1, 0.15) is 24.4 Å². The number of methoxy groups -OCH3 is 1. The van der Waals surface area contributed by atoms with E-state index >= 15 is 0 Å². The Morgan fingerprint density at radius 1 is 0.970 bits per heavy atom. The lowest BCUT2D eigenvalue weighted by Gasteiger charge is -2.35. The van der Waals surface area contributed by atoms with Gasteiger partial charge in [-0.15, -0.1) is 0 Å². The average Bonchev–Trinajstić information content (AvgIpc) is 3.28. The van der Waals surface area contributed by atoms with Gasteiger partial charge in [-0.2, -0.15) is 0 Å². The summed E-state index contributed by atoms with van der Waals surface area (Å²) < 4.78 is 30.4. The zero-order valence-corrected chi connectivity index (χ0v) is 21.1. The second-order valence-electron chi connectivity index (χ2n) is 10.1. The van der Waals surface area contributed by atoms with Crippen molar-refractivity contribution in [2.75, 3.05) is 7.11 Å². The van der Waals surface area contributed by atoms with E-state index in [1.807, 2.05) is 50.2 Å². The van der Waals surface area contributed by atoms with Gasteiger partial charge in [0.15, 0.2) is 12.1 Å². The van der Waals surface area contributed by atoms with Crippen molar-refractivity contribution in [3.63, 3.8) is 0 Å². The van der Waals surface area contributed by atoms with Crippen molar-refractivity contribution in [1.82, 2.24) is 0 Å². The molecule has 7 heteroatoms. The summed E-state index contributed by atoms with van der Waals surface area (Å²) in [6.07, 6.45) is -3.17. The number of benzene rings is 2. The van der Waals surface area contributed by atoms with Crippen LogP contribution in [0.25, 0.3) is 0 Å². The molecular formula is C26H36O6Si. The third kappa shape index (κ3) is 5.57. The van der Waals surface area contributed by atoms with Crippen molar-refractivity contribution in [2.45, 2.75) is 82.2 Å². The van der Waals surface area contributed by atoms with Crippen LogP contribution in [-0.2, 0) is 30.3 Å². The second kappa shape index (κ2) is 9.96. The van der Waals surface area contributed by atoms with Crippen molar-refractivity contribution in [3.05, 3.63) is 66.2 Å². The second-order valence-corrected chi connectivity index (χ2v) is 14.8. The smallest absolute Gasteiger partial charge is 0.186 e. The number of hydrogen-bond donors (Lipinski definition) is 1. The van der Waals surface area contributed by atoms with Gasteiger partial charge in [-0.3, -0.25) is 0 Å². The molecule has 0 spiro atoms. The van der Waals surface area contributed by atoms with E-state index in [1.54, 1.807) is 7.11 Å². The molecule has 6 nitrogen and oxygen atoms in total. The average molecular weight is 473 g/mol. The van der Waals surface area contributed by atoms with E-state index in [1.165, 1.54) is 5.19 Å². The Morgan fingerprint density at radius 2 is 1.58 bits per heavy atom. The predicted octanol–water partition coefficient (Wildman–Crippen LogP) is 3.44. The maximum Gasteiger partial charge on any atom is 0.186 e. The maximum atomic E-state index is 11.5. The molecule has 2 aromatic carbocycles. The minimum absolute atomic E-state index is 0.370. The first-order valence-electron chi connectivity index (χ1n) is 11.6. The number of rotatable bonds is 9. The highest BCUT2D eigenvalue weighted by Crippen LogP contribution is 2.41. The van der Waals surface area contributed by atoms with Crippen LogP contribution in [0.1, 0.15) is 19.4 Å². The van der Waals surface area contributed by atoms with Gasteiger partial charge in [-0.1, -0.05) is 78.9 Å². The summed E-state index contributed by atoms with van der Waals surface area (Å²) in [6, 6.07) is 21.0. The van der Waals surface area contributed by atoms with Gasteiger partial charge in [0.25, 0.3) is 0 Å². The first-order valence-corrected chi connectivity index (χ1v) is 14.8. The van der Waals surface area contributed by atoms with Crippen LogP contribution in [0.3, 0.4) is 0 Å². The Morgan fingerprint density at radius 3 is 2.21 bits per heavy atom. The van der Waals surface area contributed by atoms with Gasteiger partial charge in [0, 0.05) is 7.11 Å². The molecule has 1 N–H and O–H groups in total. The van der Waals surface area contributed by atoms with E-state index in [-0.39, 0.29) is 12.2 Å². The molecule has 2 aromatic rings.